The summed E-state index contributed by atoms with van der Waals surface area (Å²) in [6, 6.07) is 0. The molecule has 142 valence electrons. The molecule has 0 bridgehead atoms. The molecule has 0 saturated carbocycles. The largest absolute Gasteiger partial charge is 0.0916 e. The third-order valence-corrected chi connectivity index (χ3v) is 6.66. The summed E-state index contributed by atoms with van der Waals surface area (Å²) in [5, 5.41) is 0. The first-order chi connectivity index (χ1) is 11.1. The van der Waals surface area contributed by atoms with Gasteiger partial charge < -0.3 is 0 Å². The van der Waals surface area contributed by atoms with Gasteiger partial charge in [0, 0.05) is 0 Å². The Morgan fingerprint density at radius 1 is 0.542 bits per heavy atom. The second kappa shape index (κ2) is 12.3. The molecule has 0 aromatic rings. The number of hydrogen-bond donors (Lipinski definition) is 0. The molecule has 0 aromatic heterocycles. The van der Waals surface area contributed by atoms with Gasteiger partial charge in [0.05, 0.1) is 16.1 Å². The zero-order valence-corrected chi connectivity index (χ0v) is 20.2. The van der Waals surface area contributed by atoms with Crippen molar-refractivity contribution in [3.63, 3.8) is 0 Å². The van der Waals surface area contributed by atoms with Gasteiger partial charge in [0.1, 0.15) is 0 Å². The quantitative estimate of drug-likeness (QED) is 0.174. The summed E-state index contributed by atoms with van der Waals surface area (Å²) < 4.78 is 0. The Morgan fingerprint density at radius 3 is 1.12 bits per heavy atom. The Labute approximate surface area is 156 Å². The molecule has 0 aliphatic rings. The van der Waals surface area contributed by atoms with Gasteiger partial charge in [-0.15, -0.1) is 0 Å². The molecule has 0 N–H and O–H groups in total. The fraction of sp³-hybridized carbons (Fsp3) is 0.818. The summed E-state index contributed by atoms with van der Waals surface area (Å²) in [6.45, 7) is 19.5. The van der Waals surface area contributed by atoms with Crippen LogP contribution in [0, 0.1) is 0 Å². The topological polar surface area (TPSA) is 0 Å². The Morgan fingerprint density at radius 2 is 0.875 bits per heavy atom. The van der Waals surface area contributed by atoms with E-state index in [1.807, 2.05) is 0 Å². The van der Waals surface area contributed by atoms with Gasteiger partial charge in [-0.1, -0.05) is 114 Å². The van der Waals surface area contributed by atoms with Gasteiger partial charge in [0.2, 0.25) is 0 Å². The van der Waals surface area contributed by atoms with E-state index in [2.05, 4.69) is 64.5 Å². The van der Waals surface area contributed by atoms with Gasteiger partial charge >= 0.3 is 0 Å². The maximum absolute atomic E-state index is 2.71. The molecule has 0 heterocycles. The van der Waals surface area contributed by atoms with E-state index in [9.17, 15) is 0 Å². The summed E-state index contributed by atoms with van der Waals surface area (Å²) in [5.41, 5.74) is 8.88. The first kappa shape index (κ1) is 23.9. The van der Waals surface area contributed by atoms with Crippen LogP contribution in [0.5, 0.6) is 0 Å². The molecule has 0 nitrogen and oxygen atoms in total. The standard InChI is InChI=1S/C22H46Si2/c1-9-11-13-15-17-21(19-23(3,4)5)22(20-24(6,7)8)18-16-14-12-10-2/h19-20H,9-18H2,1-8H3/b21-19-,22-20+. The van der Waals surface area contributed by atoms with E-state index < -0.39 is 16.1 Å². The van der Waals surface area contributed by atoms with Crippen LogP contribution in [-0.2, 0) is 0 Å². The highest BCUT2D eigenvalue weighted by molar-refractivity contribution is 6.82. The summed E-state index contributed by atoms with van der Waals surface area (Å²) in [6.07, 6.45) is 13.6. The zero-order chi connectivity index (χ0) is 18.6. The van der Waals surface area contributed by atoms with Crippen molar-refractivity contribution in [3.8, 4) is 0 Å². The lowest BCUT2D eigenvalue weighted by Crippen LogP contribution is -2.20. The van der Waals surface area contributed by atoms with Crippen molar-refractivity contribution >= 4 is 16.1 Å². The number of allylic oxidation sites excluding steroid dienone is 2. The Kier molecular flexibility index (Phi) is 12.3. The predicted octanol–water partition coefficient (Wildman–Crippen LogP) is 8.53. The summed E-state index contributed by atoms with van der Waals surface area (Å²) in [5.74, 6) is 0. The first-order valence-corrected chi connectivity index (χ1v) is 17.7. The van der Waals surface area contributed by atoms with Crippen LogP contribution in [0.2, 0.25) is 39.3 Å². The van der Waals surface area contributed by atoms with Crippen LogP contribution >= 0.6 is 0 Å². The lowest BCUT2D eigenvalue weighted by molar-refractivity contribution is 0.648. The third kappa shape index (κ3) is 14.3. The zero-order valence-electron chi connectivity index (χ0n) is 18.2. The lowest BCUT2D eigenvalue weighted by Gasteiger charge is -2.21. The Hall–Kier alpha value is -0.0862. The van der Waals surface area contributed by atoms with E-state index in [1.165, 1.54) is 64.2 Å². The highest BCUT2D eigenvalue weighted by Gasteiger charge is 2.17. The van der Waals surface area contributed by atoms with Crippen molar-refractivity contribution in [2.75, 3.05) is 0 Å². The molecular weight excluding hydrogens is 320 g/mol. The molecule has 24 heavy (non-hydrogen) atoms. The van der Waals surface area contributed by atoms with Gasteiger partial charge in [-0.05, 0) is 25.7 Å². The molecule has 0 aliphatic carbocycles. The van der Waals surface area contributed by atoms with Crippen molar-refractivity contribution < 1.29 is 0 Å². The number of hydrogen-bond acceptors (Lipinski definition) is 0. The van der Waals surface area contributed by atoms with Crippen molar-refractivity contribution in [2.45, 2.75) is 117 Å². The molecule has 2 heteroatoms. The molecule has 0 atom stereocenters. The van der Waals surface area contributed by atoms with Gasteiger partial charge in [0.25, 0.3) is 0 Å². The molecule has 0 unspecified atom stereocenters. The fourth-order valence-electron chi connectivity index (χ4n) is 3.18. The van der Waals surface area contributed by atoms with Crippen LogP contribution in [0.4, 0.5) is 0 Å². The van der Waals surface area contributed by atoms with Crippen molar-refractivity contribution in [3.05, 3.63) is 22.5 Å². The van der Waals surface area contributed by atoms with Gasteiger partial charge in [-0.2, -0.15) is 0 Å². The maximum Gasteiger partial charge on any atom is 0.0690 e. The summed E-state index contributed by atoms with van der Waals surface area (Å²) in [7, 11) is -2.34. The van der Waals surface area contributed by atoms with Crippen LogP contribution in [-0.4, -0.2) is 16.1 Å². The number of rotatable bonds is 13. The molecule has 0 rings (SSSR count). The van der Waals surface area contributed by atoms with E-state index in [0.717, 1.165) is 0 Å². The molecule has 0 aromatic carbocycles. The monoisotopic (exact) mass is 366 g/mol. The highest BCUT2D eigenvalue weighted by atomic mass is 28.3. The van der Waals surface area contributed by atoms with E-state index in [4.69, 9.17) is 0 Å². The molecule has 0 amide bonds. The molecule has 0 saturated heterocycles. The van der Waals surface area contributed by atoms with Crippen LogP contribution in [0.1, 0.15) is 78.1 Å². The normalized spacial score (nSPS) is 14.3. The summed E-state index contributed by atoms with van der Waals surface area (Å²) in [4.78, 5) is 0. The highest BCUT2D eigenvalue weighted by Crippen LogP contribution is 2.27. The fourth-order valence-corrected chi connectivity index (χ4v) is 5.93. The van der Waals surface area contributed by atoms with E-state index in [0.29, 0.717) is 0 Å². The Balaban J connectivity index is 5.23. The SMILES string of the molecule is CCCCCCC(=C/[Si](C)(C)C)/C(=C/[Si](C)(C)C)CCCCCC. The van der Waals surface area contributed by atoms with Crippen LogP contribution in [0.25, 0.3) is 0 Å². The van der Waals surface area contributed by atoms with Crippen molar-refractivity contribution in [1.29, 1.82) is 0 Å². The Bertz CT molecular complexity index is 340. The van der Waals surface area contributed by atoms with E-state index >= 15 is 0 Å². The predicted molar refractivity (Wildman–Crippen MR) is 120 cm³/mol. The van der Waals surface area contributed by atoms with Crippen molar-refractivity contribution in [1.82, 2.24) is 0 Å². The van der Waals surface area contributed by atoms with Gasteiger partial charge in [0.15, 0.2) is 0 Å². The van der Waals surface area contributed by atoms with Crippen LogP contribution in [0.3, 0.4) is 0 Å². The lowest BCUT2D eigenvalue weighted by atomic mass is 9.97. The van der Waals surface area contributed by atoms with Gasteiger partial charge in [-0.25, -0.2) is 0 Å². The molecular formula is C22H46Si2. The third-order valence-electron chi connectivity index (χ3n) is 4.23. The van der Waals surface area contributed by atoms with Crippen LogP contribution < -0.4 is 0 Å². The van der Waals surface area contributed by atoms with E-state index in [-0.39, 0.29) is 0 Å². The van der Waals surface area contributed by atoms with Crippen molar-refractivity contribution in [2.24, 2.45) is 0 Å². The van der Waals surface area contributed by atoms with E-state index in [1.54, 1.807) is 11.1 Å². The minimum atomic E-state index is -1.17. The smallest absolute Gasteiger partial charge is 0.0690 e. The summed E-state index contributed by atoms with van der Waals surface area (Å²) >= 11 is 0. The molecule has 0 fully saturated rings. The first-order valence-electron chi connectivity index (χ1n) is 10.5. The van der Waals surface area contributed by atoms with Crippen LogP contribution in [0.15, 0.2) is 22.5 Å². The molecule has 0 aliphatic heterocycles. The average molecular weight is 367 g/mol. The second-order valence-electron chi connectivity index (χ2n) is 9.69. The van der Waals surface area contributed by atoms with Gasteiger partial charge in [-0.3, -0.25) is 0 Å². The minimum absolute atomic E-state index is 1.17. The molecule has 0 spiro atoms. The minimum Gasteiger partial charge on any atom is -0.0916 e. The molecule has 0 radical (unpaired) electrons. The average Bonchev–Trinajstić information content (AvgIpc) is 2.43. The second-order valence-corrected chi connectivity index (χ2v) is 19.7. The number of unbranched alkanes of at least 4 members (excludes halogenated alkanes) is 6. The maximum atomic E-state index is 2.71.